The number of anilines is 1. The Morgan fingerprint density at radius 1 is 1.25 bits per heavy atom. The molecule has 1 fully saturated rings. The van der Waals surface area contributed by atoms with Crippen LogP contribution in [0.4, 0.5) is 5.13 Å². The van der Waals surface area contributed by atoms with Gasteiger partial charge in [0.25, 0.3) is 0 Å². The van der Waals surface area contributed by atoms with E-state index < -0.39 is 0 Å². The Morgan fingerprint density at radius 2 is 2.10 bits per heavy atom. The molecule has 0 saturated carbocycles. The molecule has 0 radical (unpaired) electrons. The van der Waals surface area contributed by atoms with Crippen molar-refractivity contribution in [2.45, 2.75) is 5.25 Å². The molecule has 1 amide bonds. The number of benzene rings is 1. The second kappa shape index (κ2) is 6.60. The number of nitrogens with one attached hydrogen (secondary N) is 1. The zero-order valence-corrected chi connectivity index (χ0v) is 13.1. The minimum absolute atomic E-state index is 0.0258. The standard InChI is InChI=1S/C13H13N3OS3/c17-12(10-8-18-6-7-19-10)15-13-14-11(16-20-13)9-4-2-1-3-5-9/h1-5,10H,6-8H2,(H,14,15,16,17). The maximum atomic E-state index is 12.1. The molecule has 4 nitrogen and oxygen atoms in total. The van der Waals surface area contributed by atoms with Crippen LogP contribution < -0.4 is 5.32 Å². The van der Waals surface area contributed by atoms with E-state index in [1.54, 1.807) is 11.8 Å². The van der Waals surface area contributed by atoms with Gasteiger partial charge in [0.15, 0.2) is 5.82 Å². The van der Waals surface area contributed by atoms with Crippen molar-refractivity contribution in [3.05, 3.63) is 30.3 Å². The van der Waals surface area contributed by atoms with Crippen molar-refractivity contribution in [1.82, 2.24) is 9.36 Å². The van der Waals surface area contributed by atoms with E-state index >= 15 is 0 Å². The highest BCUT2D eigenvalue weighted by molar-refractivity contribution is 8.07. The molecule has 20 heavy (non-hydrogen) atoms. The maximum absolute atomic E-state index is 12.1. The lowest BCUT2D eigenvalue weighted by Crippen LogP contribution is -2.30. The number of hydrogen-bond donors (Lipinski definition) is 1. The lowest BCUT2D eigenvalue weighted by molar-refractivity contribution is -0.115. The molecule has 7 heteroatoms. The molecule has 3 rings (SSSR count). The molecular formula is C13H13N3OS3. The predicted octanol–water partition coefficient (Wildman–Crippen LogP) is 2.99. The van der Waals surface area contributed by atoms with Crippen molar-refractivity contribution in [2.24, 2.45) is 0 Å². The van der Waals surface area contributed by atoms with Crippen molar-refractivity contribution in [2.75, 3.05) is 22.6 Å². The van der Waals surface area contributed by atoms with Crippen molar-refractivity contribution in [1.29, 1.82) is 0 Å². The molecule has 1 saturated heterocycles. The van der Waals surface area contributed by atoms with Gasteiger partial charge in [-0.2, -0.15) is 21.1 Å². The molecular weight excluding hydrogens is 310 g/mol. The van der Waals surface area contributed by atoms with Gasteiger partial charge >= 0.3 is 0 Å². The quantitative estimate of drug-likeness (QED) is 0.941. The summed E-state index contributed by atoms with van der Waals surface area (Å²) in [6, 6.07) is 9.77. The van der Waals surface area contributed by atoms with Crippen LogP contribution in [0.3, 0.4) is 0 Å². The van der Waals surface area contributed by atoms with Crippen LogP contribution in [0, 0.1) is 0 Å². The Hall–Kier alpha value is -1.05. The topological polar surface area (TPSA) is 54.9 Å². The normalized spacial score (nSPS) is 18.7. The largest absolute Gasteiger partial charge is 0.300 e. The zero-order chi connectivity index (χ0) is 13.8. The highest BCUT2D eigenvalue weighted by Gasteiger charge is 2.23. The Balaban J connectivity index is 1.66. The Kier molecular flexibility index (Phi) is 4.59. The van der Waals surface area contributed by atoms with E-state index in [4.69, 9.17) is 0 Å². The lowest BCUT2D eigenvalue weighted by atomic mass is 10.2. The van der Waals surface area contributed by atoms with E-state index in [0.717, 1.165) is 22.8 Å². The fourth-order valence-electron chi connectivity index (χ4n) is 1.80. The fourth-order valence-corrected chi connectivity index (χ4v) is 4.95. The van der Waals surface area contributed by atoms with Crippen LogP contribution in [0.15, 0.2) is 30.3 Å². The minimum Gasteiger partial charge on any atom is -0.300 e. The molecule has 1 aliphatic rings. The van der Waals surface area contributed by atoms with E-state index in [9.17, 15) is 4.79 Å². The van der Waals surface area contributed by atoms with Gasteiger partial charge in [-0.25, -0.2) is 0 Å². The van der Waals surface area contributed by atoms with Crippen LogP contribution in [-0.2, 0) is 4.79 Å². The molecule has 104 valence electrons. The summed E-state index contributed by atoms with van der Waals surface area (Å²) in [5.74, 6) is 3.75. The van der Waals surface area contributed by atoms with Crippen LogP contribution >= 0.6 is 35.1 Å². The smallest absolute Gasteiger partial charge is 0.240 e. The second-order valence-corrected chi connectivity index (χ2v) is 7.43. The molecule has 0 bridgehead atoms. The number of amides is 1. The number of hydrogen-bond acceptors (Lipinski definition) is 6. The SMILES string of the molecule is O=C(Nc1nc(-c2ccccc2)ns1)C1CSCCS1. The summed E-state index contributed by atoms with van der Waals surface area (Å²) in [6.07, 6.45) is 0. The highest BCUT2D eigenvalue weighted by atomic mass is 32.2. The molecule has 1 unspecified atom stereocenters. The van der Waals surface area contributed by atoms with Gasteiger partial charge in [-0.3, -0.25) is 10.1 Å². The van der Waals surface area contributed by atoms with Gasteiger partial charge in [0, 0.05) is 34.4 Å². The third-order valence-electron chi connectivity index (χ3n) is 2.80. The van der Waals surface area contributed by atoms with Crippen LogP contribution in [0.2, 0.25) is 0 Å². The molecule has 1 aliphatic heterocycles. The average molecular weight is 323 g/mol. The molecule has 1 aromatic heterocycles. The first-order valence-corrected chi connectivity index (χ1v) is 9.20. The predicted molar refractivity (Wildman–Crippen MR) is 87.5 cm³/mol. The van der Waals surface area contributed by atoms with Crippen LogP contribution in [0.5, 0.6) is 0 Å². The Morgan fingerprint density at radius 3 is 2.85 bits per heavy atom. The van der Waals surface area contributed by atoms with Crippen LogP contribution in [0.1, 0.15) is 0 Å². The highest BCUT2D eigenvalue weighted by Crippen LogP contribution is 2.26. The molecule has 0 aliphatic carbocycles. The van der Waals surface area contributed by atoms with Crippen molar-refractivity contribution >= 4 is 46.1 Å². The van der Waals surface area contributed by atoms with Crippen molar-refractivity contribution in [3.63, 3.8) is 0 Å². The van der Waals surface area contributed by atoms with Crippen LogP contribution in [-0.4, -0.2) is 37.8 Å². The van der Waals surface area contributed by atoms with E-state index in [-0.39, 0.29) is 11.2 Å². The van der Waals surface area contributed by atoms with Crippen LogP contribution in [0.25, 0.3) is 11.4 Å². The molecule has 2 heterocycles. The monoisotopic (exact) mass is 323 g/mol. The molecule has 2 aromatic rings. The van der Waals surface area contributed by atoms with E-state index in [1.165, 1.54) is 11.5 Å². The first kappa shape index (κ1) is 13.9. The van der Waals surface area contributed by atoms with Gasteiger partial charge in [0.1, 0.15) is 0 Å². The van der Waals surface area contributed by atoms with Gasteiger partial charge in [-0.05, 0) is 0 Å². The summed E-state index contributed by atoms with van der Waals surface area (Å²) >= 11 is 4.77. The summed E-state index contributed by atoms with van der Waals surface area (Å²) in [4.78, 5) is 16.5. The number of aromatic nitrogens is 2. The molecule has 1 atom stereocenters. The van der Waals surface area contributed by atoms with Crippen molar-refractivity contribution < 1.29 is 4.79 Å². The number of rotatable bonds is 3. The van der Waals surface area contributed by atoms with E-state index in [2.05, 4.69) is 14.7 Å². The second-order valence-electron chi connectivity index (χ2n) is 4.21. The Bertz CT molecular complexity index is 582. The average Bonchev–Trinajstić information content (AvgIpc) is 2.97. The molecule has 0 spiro atoms. The van der Waals surface area contributed by atoms with Gasteiger partial charge in [-0.1, -0.05) is 30.3 Å². The fraction of sp³-hybridized carbons (Fsp3) is 0.308. The first-order chi connectivity index (χ1) is 9.83. The van der Waals surface area contributed by atoms with E-state index in [1.807, 2.05) is 42.1 Å². The third kappa shape index (κ3) is 3.34. The van der Waals surface area contributed by atoms with Gasteiger partial charge in [0.05, 0.1) is 5.25 Å². The van der Waals surface area contributed by atoms with Gasteiger partial charge in [0.2, 0.25) is 11.0 Å². The number of nitrogens with zero attached hydrogens (tertiary/aromatic N) is 2. The number of thioether (sulfide) groups is 2. The molecule has 1 aromatic carbocycles. The number of carbonyl (C=O) groups is 1. The Labute approximate surface area is 129 Å². The summed E-state index contributed by atoms with van der Waals surface area (Å²) < 4.78 is 4.29. The molecule has 1 N–H and O–H groups in total. The maximum Gasteiger partial charge on any atom is 0.240 e. The zero-order valence-electron chi connectivity index (χ0n) is 10.6. The minimum atomic E-state index is 0.0258. The third-order valence-corrected chi connectivity index (χ3v) is 6.18. The number of carbonyl (C=O) groups excluding carboxylic acids is 1. The lowest BCUT2D eigenvalue weighted by Gasteiger charge is -2.19. The summed E-state index contributed by atoms with van der Waals surface area (Å²) in [7, 11) is 0. The first-order valence-electron chi connectivity index (χ1n) is 6.22. The summed E-state index contributed by atoms with van der Waals surface area (Å²) in [6.45, 7) is 0. The van der Waals surface area contributed by atoms with E-state index in [0.29, 0.717) is 11.0 Å². The summed E-state index contributed by atoms with van der Waals surface area (Å²) in [5, 5.41) is 3.47. The summed E-state index contributed by atoms with van der Waals surface area (Å²) in [5.41, 5.74) is 0.965. The van der Waals surface area contributed by atoms with Gasteiger partial charge in [-0.15, -0.1) is 11.8 Å². The van der Waals surface area contributed by atoms with Crippen molar-refractivity contribution in [3.8, 4) is 11.4 Å². The van der Waals surface area contributed by atoms with Gasteiger partial charge < -0.3 is 0 Å².